The summed E-state index contributed by atoms with van der Waals surface area (Å²) in [7, 11) is 0. The van der Waals surface area contributed by atoms with Crippen LogP contribution in [-0.2, 0) is 0 Å². The number of halogens is 2. The van der Waals surface area contributed by atoms with Crippen LogP contribution in [0.4, 0.5) is 0 Å². The van der Waals surface area contributed by atoms with Gasteiger partial charge < -0.3 is 5.11 Å². The fraction of sp³-hybridized carbons (Fsp3) is 0. The first-order chi connectivity index (χ1) is 7.11. The Hall–Kier alpha value is -1.32. The number of carboxylic acids is 1. The highest BCUT2D eigenvalue weighted by atomic mass is 35.5. The lowest BCUT2D eigenvalue weighted by molar-refractivity contribution is 0.0699. The smallest absolute Gasteiger partial charge is 0.339 e. The Morgan fingerprint density at radius 2 is 2.07 bits per heavy atom. The summed E-state index contributed by atoms with van der Waals surface area (Å²) in [6.45, 7) is 0. The van der Waals surface area contributed by atoms with Gasteiger partial charge in [0.05, 0.1) is 15.6 Å². The van der Waals surface area contributed by atoms with Crippen LogP contribution in [0.3, 0.4) is 0 Å². The Balaban J connectivity index is 2.96. The molecule has 76 valence electrons. The number of carbonyl (C=O) groups is 1. The van der Waals surface area contributed by atoms with Crippen molar-refractivity contribution in [2.75, 3.05) is 0 Å². The number of nitrogens with zero attached hydrogens (tertiary/aromatic N) is 1. The van der Waals surface area contributed by atoms with Crippen molar-refractivity contribution in [3.05, 3.63) is 40.0 Å². The molecule has 0 aliphatic carbocycles. The molecule has 3 nitrogen and oxygen atoms in total. The molecule has 0 spiro atoms. The van der Waals surface area contributed by atoms with Crippen LogP contribution in [0.2, 0.25) is 10.0 Å². The third-order valence-electron chi connectivity index (χ3n) is 2.01. The summed E-state index contributed by atoms with van der Waals surface area (Å²) in [4.78, 5) is 15.0. The number of aromatic carboxylic acids is 1. The maximum absolute atomic E-state index is 11.0. The molecule has 0 unspecified atom stereocenters. The van der Waals surface area contributed by atoms with Gasteiger partial charge in [-0.3, -0.25) is 4.98 Å². The molecule has 0 aliphatic heterocycles. The van der Waals surface area contributed by atoms with Crippen LogP contribution in [0, 0.1) is 0 Å². The molecule has 0 radical (unpaired) electrons. The van der Waals surface area contributed by atoms with E-state index < -0.39 is 5.97 Å². The lowest BCUT2D eigenvalue weighted by Gasteiger charge is -2.05. The average molecular weight is 242 g/mol. The number of pyridine rings is 1. The van der Waals surface area contributed by atoms with Crippen LogP contribution >= 0.6 is 23.2 Å². The van der Waals surface area contributed by atoms with Crippen molar-refractivity contribution < 1.29 is 9.90 Å². The first-order valence-corrected chi connectivity index (χ1v) is 4.83. The second-order valence-electron chi connectivity index (χ2n) is 2.92. The molecule has 1 aromatic heterocycles. The predicted octanol–water partition coefficient (Wildman–Crippen LogP) is 3.24. The van der Waals surface area contributed by atoms with E-state index in [1.165, 1.54) is 12.3 Å². The predicted molar refractivity (Wildman–Crippen MR) is 58.7 cm³/mol. The summed E-state index contributed by atoms with van der Waals surface area (Å²) in [5.74, 6) is -1.11. The summed E-state index contributed by atoms with van der Waals surface area (Å²) in [5, 5.41) is 10.1. The second kappa shape index (κ2) is 3.68. The SMILES string of the molecule is O=C(O)c1c(Cl)cc(Cl)c2cccnc12. The lowest BCUT2D eigenvalue weighted by atomic mass is 10.1. The molecule has 1 aromatic carbocycles. The molecular weight excluding hydrogens is 237 g/mol. The van der Waals surface area contributed by atoms with Crippen molar-refractivity contribution in [2.24, 2.45) is 0 Å². The number of benzene rings is 1. The molecule has 1 N–H and O–H groups in total. The van der Waals surface area contributed by atoms with Crippen LogP contribution in [-0.4, -0.2) is 16.1 Å². The van der Waals surface area contributed by atoms with Crippen LogP contribution < -0.4 is 0 Å². The molecular formula is C10H5Cl2NO2. The molecule has 5 heteroatoms. The maximum atomic E-state index is 11.0. The molecule has 2 rings (SSSR count). The fourth-order valence-corrected chi connectivity index (χ4v) is 1.97. The summed E-state index contributed by atoms with van der Waals surface area (Å²) in [6, 6.07) is 4.80. The van der Waals surface area contributed by atoms with Crippen molar-refractivity contribution in [1.29, 1.82) is 0 Å². The molecule has 0 aliphatic rings. The Bertz CT molecular complexity index is 554. The number of hydrogen-bond donors (Lipinski definition) is 1. The van der Waals surface area contributed by atoms with Gasteiger partial charge in [0.1, 0.15) is 5.56 Å². The highest BCUT2D eigenvalue weighted by Gasteiger charge is 2.16. The normalized spacial score (nSPS) is 10.5. The molecule has 0 amide bonds. The van der Waals surface area contributed by atoms with Crippen molar-refractivity contribution in [3.63, 3.8) is 0 Å². The first-order valence-electron chi connectivity index (χ1n) is 4.07. The van der Waals surface area contributed by atoms with E-state index in [4.69, 9.17) is 28.3 Å². The average Bonchev–Trinajstić information content (AvgIpc) is 2.17. The van der Waals surface area contributed by atoms with Gasteiger partial charge in [-0.15, -0.1) is 0 Å². The molecule has 0 fully saturated rings. The number of hydrogen-bond acceptors (Lipinski definition) is 2. The number of fused-ring (bicyclic) bond motifs is 1. The Morgan fingerprint density at radius 3 is 2.73 bits per heavy atom. The van der Waals surface area contributed by atoms with E-state index in [2.05, 4.69) is 4.98 Å². The summed E-state index contributed by atoms with van der Waals surface area (Å²) in [5.41, 5.74) is 0.291. The van der Waals surface area contributed by atoms with Crippen molar-refractivity contribution >= 4 is 40.1 Å². The van der Waals surface area contributed by atoms with Crippen LogP contribution in [0.5, 0.6) is 0 Å². The summed E-state index contributed by atoms with van der Waals surface area (Å²) in [6.07, 6.45) is 1.50. The van der Waals surface area contributed by atoms with E-state index in [1.807, 2.05) is 0 Å². The standard InChI is InChI=1S/C10H5Cl2NO2/c11-6-4-7(12)8(10(14)15)9-5(6)2-1-3-13-9/h1-4H,(H,14,15). The topological polar surface area (TPSA) is 50.2 Å². The molecule has 15 heavy (non-hydrogen) atoms. The third kappa shape index (κ3) is 1.64. The van der Waals surface area contributed by atoms with E-state index in [9.17, 15) is 4.79 Å². The van der Waals surface area contributed by atoms with Gasteiger partial charge >= 0.3 is 5.97 Å². The van der Waals surface area contributed by atoms with Gasteiger partial charge in [0.15, 0.2) is 0 Å². The van der Waals surface area contributed by atoms with Crippen molar-refractivity contribution in [3.8, 4) is 0 Å². The van der Waals surface area contributed by atoms with Gasteiger partial charge in [-0.2, -0.15) is 0 Å². The Kier molecular flexibility index (Phi) is 2.50. The summed E-state index contributed by atoms with van der Waals surface area (Å²) < 4.78 is 0. The van der Waals surface area contributed by atoms with Crippen LogP contribution in [0.15, 0.2) is 24.4 Å². The van der Waals surface area contributed by atoms with Gasteiger partial charge in [-0.25, -0.2) is 4.79 Å². The zero-order valence-corrected chi connectivity index (χ0v) is 8.88. The minimum Gasteiger partial charge on any atom is -0.478 e. The largest absolute Gasteiger partial charge is 0.478 e. The number of carboxylic acid groups (broad SMARTS) is 1. The van der Waals surface area contributed by atoms with Gasteiger partial charge in [-0.05, 0) is 18.2 Å². The number of rotatable bonds is 1. The van der Waals surface area contributed by atoms with E-state index in [0.29, 0.717) is 15.9 Å². The summed E-state index contributed by atoms with van der Waals surface area (Å²) >= 11 is 11.7. The van der Waals surface area contributed by atoms with Gasteiger partial charge in [0, 0.05) is 11.6 Å². The Labute approximate surface area is 95.3 Å². The van der Waals surface area contributed by atoms with Gasteiger partial charge in [-0.1, -0.05) is 23.2 Å². The van der Waals surface area contributed by atoms with Crippen LogP contribution in [0.25, 0.3) is 10.9 Å². The quantitative estimate of drug-likeness (QED) is 0.834. The first kappa shape index (κ1) is 10.2. The van der Waals surface area contributed by atoms with E-state index in [-0.39, 0.29) is 10.6 Å². The minimum absolute atomic E-state index is 0.0170. The molecule has 2 aromatic rings. The van der Waals surface area contributed by atoms with E-state index in [0.717, 1.165) is 0 Å². The maximum Gasteiger partial charge on any atom is 0.339 e. The molecule has 0 atom stereocenters. The van der Waals surface area contributed by atoms with Crippen LogP contribution in [0.1, 0.15) is 10.4 Å². The lowest BCUT2D eigenvalue weighted by Crippen LogP contribution is -2.00. The highest BCUT2D eigenvalue weighted by Crippen LogP contribution is 2.30. The van der Waals surface area contributed by atoms with Crippen molar-refractivity contribution in [1.82, 2.24) is 4.98 Å². The minimum atomic E-state index is -1.11. The van der Waals surface area contributed by atoms with Gasteiger partial charge in [0.2, 0.25) is 0 Å². The zero-order chi connectivity index (χ0) is 11.0. The molecule has 0 bridgehead atoms. The fourth-order valence-electron chi connectivity index (χ4n) is 1.37. The molecule has 1 heterocycles. The van der Waals surface area contributed by atoms with E-state index >= 15 is 0 Å². The Morgan fingerprint density at radius 1 is 1.33 bits per heavy atom. The zero-order valence-electron chi connectivity index (χ0n) is 7.37. The van der Waals surface area contributed by atoms with E-state index in [1.54, 1.807) is 12.1 Å². The monoisotopic (exact) mass is 241 g/mol. The second-order valence-corrected chi connectivity index (χ2v) is 3.73. The van der Waals surface area contributed by atoms with Crippen molar-refractivity contribution in [2.45, 2.75) is 0 Å². The highest BCUT2D eigenvalue weighted by molar-refractivity contribution is 6.40. The number of aromatic nitrogens is 1. The third-order valence-corrected chi connectivity index (χ3v) is 2.62. The van der Waals surface area contributed by atoms with Gasteiger partial charge in [0.25, 0.3) is 0 Å². The molecule has 0 saturated carbocycles. The molecule has 0 saturated heterocycles.